The van der Waals surface area contributed by atoms with Crippen LogP contribution in [0, 0.1) is 0 Å². The number of ether oxygens (including phenoxy) is 1. The molecule has 6 nitrogen and oxygen atoms in total. The van der Waals surface area contributed by atoms with Crippen LogP contribution in [0.15, 0.2) is 71.3 Å². The number of carbonyl (C=O) groups excluding carboxylic acids is 2. The van der Waals surface area contributed by atoms with Gasteiger partial charge in [-0.3, -0.25) is 4.79 Å². The maximum atomic E-state index is 12.4. The lowest BCUT2D eigenvalue weighted by molar-refractivity contribution is -0.124. The van der Waals surface area contributed by atoms with Gasteiger partial charge in [-0.2, -0.15) is 0 Å². The molecule has 0 unspecified atom stereocenters. The Morgan fingerprint density at radius 1 is 0.964 bits per heavy atom. The van der Waals surface area contributed by atoms with Crippen molar-refractivity contribution in [1.29, 1.82) is 0 Å². The van der Waals surface area contributed by atoms with Crippen molar-refractivity contribution in [3.05, 3.63) is 88.8 Å². The van der Waals surface area contributed by atoms with Gasteiger partial charge in [0.2, 0.25) is 0 Å². The van der Waals surface area contributed by atoms with Gasteiger partial charge in [-0.05, 0) is 42.0 Å². The van der Waals surface area contributed by atoms with Crippen molar-refractivity contribution >= 4 is 29.2 Å². The Kier molecular flexibility index (Phi) is 6.70. The van der Waals surface area contributed by atoms with Gasteiger partial charge in [0, 0.05) is 17.3 Å². The van der Waals surface area contributed by atoms with Crippen LogP contribution >= 0.6 is 11.6 Å². The van der Waals surface area contributed by atoms with Crippen molar-refractivity contribution in [2.45, 2.75) is 13.1 Å². The fourth-order valence-corrected chi connectivity index (χ4v) is 2.60. The third kappa shape index (κ3) is 5.62. The molecule has 3 rings (SSSR count). The van der Waals surface area contributed by atoms with Crippen molar-refractivity contribution < 1.29 is 18.7 Å². The van der Waals surface area contributed by atoms with Gasteiger partial charge in [-0.25, -0.2) is 4.79 Å². The molecule has 2 aromatic carbocycles. The first-order chi connectivity index (χ1) is 13.6. The second kappa shape index (κ2) is 9.62. The second-order valence-electron chi connectivity index (χ2n) is 5.96. The molecule has 3 aromatic rings. The van der Waals surface area contributed by atoms with Crippen molar-refractivity contribution in [3.63, 3.8) is 0 Å². The molecule has 1 heterocycles. The van der Waals surface area contributed by atoms with Crippen molar-refractivity contribution in [3.8, 4) is 0 Å². The summed E-state index contributed by atoms with van der Waals surface area (Å²) in [5, 5.41) is 6.45. The van der Waals surface area contributed by atoms with Crippen LogP contribution in [-0.4, -0.2) is 18.5 Å². The predicted molar refractivity (Wildman–Crippen MR) is 106 cm³/mol. The van der Waals surface area contributed by atoms with Gasteiger partial charge in [0.1, 0.15) is 5.76 Å². The number of halogens is 1. The van der Waals surface area contributed by atoms with Crippen LogP contribution in [0.25, 0.3) is 0 Å². The van der Waals surface area contributed by atoms with Crippen molar-refractivity contribution in [1.82, 2.24) is 5.32 Å². The average molecular weight is 399 g/mol. The van der Waals surface area contributed by atoms with Crippen LogP contribution in [-0.2, 0) is 22.6 Å². The average Bonchev–Trinajstić information content (AvgIpc) is 3.24. The van der Waals surface area contributed by atoms with Crippen LogP contribution in [0.3, 0.4) is 0 Å². The molecule has 0 radical (unpaired) electrons. The SMILES string of the molecule is O=C(COC(=O)c1ccccc1NCc1ccco1)NCc1ccc(Cl)cc1. The van der Waals surface area contributed by atoms with E-state index in [4.69, 9.17) is 20.8 Å². The Labute approximate surface area is 167 Å². The summed E-state index contributed by atoms with van der Waals surface area (Å²) >= 11 is 5.83. The molecule has 0 atom stereocenters. The third-order valence-electron chi connectivity index (χ3n) is 3.92. The van der Waals surface area contributed by atoms with E-state index < -0.39 is 5.97 Å². The number of rotatable bonds is 8. The minimum Gasteiger partial charge on any atom is -0.467 e. The molecular formula is C21H19ClN2O4. The highest BCUT2D eigenvalue weighted by atomic mass is 35.5. The Hall–Kier alpha value is -3.25. The first-order valence-electron chi connectivity index (χ1n) is 8.65. The zero-order chi connectivity index (χ0) is 19.8. The smallest absolute Gasteiger partial charge is 0.340 e. The third-order valence-corrected chi connectivity index (χ3v) is 4.17. The van der Waals surface area contributed by atoms with Crippen LogP contribution in [0.2, 0.25) is 5.02 Å². The number of furan rings is 1. The molecule has 0 aliphatic heterocycles. The first-order valence-corrected chi connectivity index (χ1v) is 9.03. The quantitative estimate of drug-likeness (QED) is 0.560. The van der Waals surface area contributed by atoms with Gasteiger partial charge in [0.15, 0.2) is 6.61 Å². The molecule has 0 spiro atoms. The minimum atomic E-state index is -0.579. The largest absolute Gasteiger partial charge is 0.467 e. The molecule has 0 aliphatic rings. The van der Waals surface area contributed by atoms with Crippen molar-refractivity contribution in [2.24, 2.45) is 0 Å². The van der Waals surface area contributed by atoms with Crippen molar-refractivity contribution in [2.75, 3.05) is 11.9 Å². The maximum absolute atomic E-state index is 12.4. The number of carbonyl (C=O) groups is 2. The van der Waals surface area contributed by atoms with E-state index in [-0.39, 0.29) is 12.5 Å². The van der Waals surface area contributed by atoms with E-state index in [2.05, 4.69) is 10.6 Å². The zero-order valence-corrected chi connectivity index (χ0v) is 15.7. The Balaban J connectivity index is 1.50. The van der Waals surface area contributed by atoms with Gasteiger partial charge < -0.3 is 19.8 Å². The highest BCUT2D eigenvalue weighted by Gasteiger charge is 2.14. The molecule has 1 amide bonds. The lowest BCUT2D eigenvalue weighted by Crippen LogP contribution is -2.28. The molecule has 144 valence electrons. The molecule has 0 saturated carbocycles. The number of hydrogen-bond donors (Lipinski definition) is 2. The van der Waals surface area contributed by atoms with Crippen LogP contribution in [0.5, 0.6) is 0 Å². The van der Waals surface area contributed by atoms with E-state index in [1.54, 1.807) is 48.7 Å². The van der Waals surface area contributed by atoms with Crippen LogP contribution < -0.4 is 10.6 Å². The Bertz CT molecular complexity index is 924. The first kappa shape index (κ1) is 19.5. The van der Waals surface area contributed by atoms with Gasteiger partial charge in [0.05, 0.1) is 18.4 Å². The van der Waals surface area contributed by atoms with E-state index in [1.165, 1.54) is 0 Å². The lowest BCUT2D eigenvalue weighted by atomic mass is 10.2. The van der Waals surface area contributed by atoms with Crippen LogP contribution in [0.1, 0.15) is 21.7 Å². The molecule has 28 heavy (non-hydrogen) atoms. The van der Waals surface area contributed by atoms with Gasteiger partial charge in [0.25, 0.3) is 5.91 Å². The standard InChI is InChI=1S/C21H19ClN2O4/c22-16-9-7-15(8-10-16)12-24-20(25)14-28-21(26)18-5-1-2-6-19(18)23-13-17-4-3-11-27-17/h1-11,23H,12-14H2,(H,24,25). The molecule has 2 N–H and O–H groups in total. The fourth-order valence-electron chi connectivity index (χ4n) is 2.47. The maximum Gasteiger partial charge on any atom is 0.340 e. The monoisotopic (exact) mass is 398 g/mol. The number of anilines is 1. The molecule has 0 aliphatic carbocycles. The van der Waals surface area contributed by atoms with E-state index in [9.17, 15) is 9.59 Å². The highest BCUT2D eigenvalue weighted by Crippen LogP contribution is 2.17. The number of nitrogens with one attached hydrogen (secondary N) is 2. The molecule has 0 saturated heterocycles. The highest BCUT2D eigenvalue weighted by molar-refractivity contribution is 6.30. The van der Waals surface area contributed by atoms with E-state index in [0.29, 0.717) is 29.4 Å². The summed E-state index contributed by atoms with van der Waals surface area (Å²) in [6, 6.07) is 17.7. The zero-order valence-electron chi connectivity index (χ0n) is 15.0. The summed E-state index contributed by atoms with van der Waals surface area (Å²) in [6.45, 7) is 0.395. The summed E-state index contributed by atoms with van der Waals surface area (Å²) in [5.41, 5.74) is 1.85. The predicted octanol–water partition coefficient (Wildman–Crippen LogP) is 4.02. The number of amides is 1. The minimum absolute atomic E-state index is 0.328. The summed E-state index contributed by atoms with van der Waals surface area (Å²) in [6.07, 6.45) is 1.58. The number of para-hydroxylation sites is 1. The fraction of sp³-hybridized carbons (Fsp3) is 0.143. The molecule has 0 fully saturated rings. The van der Waals surface area contributed by atoms with Gasteiger partial charge in [-0.15, -0.1) is 0 Å². The number of benzene rings is 2. The second-order valence-corrected chi connectivity index (χ2v) is 6.39. The normalized spacial score (nSPS) is 10.3. The Morgan fingerprint density at radius 3 is 2.50 bits per heavy atom. The molecular weight excluding hydrogens is 380 g/mol. The summed E-state index contributed by atoms with van der Waals surface area (Å²) in [5.74, 6) is -0.224. The van der Waals surface area contributed by atoms with Gasteiger partial charge >= 0.3 is 5.97 Å². The Morgan fingerprint density at radius 2 is 1.75 bits per heavy atom. The molecule has 1 aromatic heterocycles. The number of esters is 1. The van der Waals surface area contributed by atoms with E-state index in [0.717, 1.165) is 11.3 Å². The topological polar surface area (TPSA) is 80.6 Å². The lowest BCUT2D eigenvalue weighted by Gasteiger charge is -2.11. The molecule has 7 heteroatoms. The van der Waals surface area contributed by atoms with Gasteiger partial charge in [-0.1, -0.05) is 35.9 Å². The summed E-state index contributed by atoms with van der Waals surface area (Å²) < 4.78 is 10.4. The summed E-state index contributed by atoms with van der Waals surface area (Å²) in [7, 11) is 0. The van der Waals surface area contributed by atoms with E-state index >= 15 is 0 Å². The number of hydrogen-bond acceptors (Lipinski definition) is 5. The molecule has 0 bridgehead atoms. The van der Waals surface area contributed by atoms with E-state index in [1.807, 2.05) is 18.2 Å². The van der Waals surface area contributed by atoms with Crippen LogP contribution in [0.4, 0.5) is 5.69 Å². The summed E-state index contributed by atoms with van der Waals surface area (Å²) in [4.78, 5) is 24.3.